The maximum Gasteiger partial charge on any atom is 0.243 e. The molecule has 1 heterocycles. The fraction of sp³-hybridized carbons (Fsp3) is 0.412. The zero-order valence-corrected chi connectivity index (χ0v) is 13.9. The predicted molar refractivity (Wildman–Crippen MR) is 87.7 cm³/mol. The van der Waals surface area contributed by atoms with Crippen molar-refractivity contribution >= 4 is 11.8 Å². The molecule has 0 radical (unpaired) electrons. The highest BCUT2D eigenvalue weighted by Crippen LogP contribution is 2.39. The van der Waals surface area contributed by atoms with Gasteiger partial charge in [-0.1, -0.05) is 6.58 Å². The summed E-state index contributed by atoms with van der Waals surface area (Å²) < 4.78 is 10.6. The molecule has 0 aromatic heterocycles. The van der Waals surface area contributed by atoms with Crippen molar-refractivity contribution in [2.45, 2.75) is 19.1 Å². The molecule has 2 rings (SSSR count). The number of carbonyl (C=O) groups is 2. The number of carbonyl (C=O) groups excluding carboxylic acids is 2. The van der Waals surface area contributed by atoms with E-state index < -0.39 is 6.10 Å². The van der Waals surface area contributed by atoms with Crippen LogP contribution in [0.15, 0.2) is 24.8 Å². The number of benzene rings is 1. The molecule has 0 bridgehead atoms. The fourth-order valence-corrected chi connectivity index (χ4v) is 2.79. The number of aliphatic hydroxyl groups is 1. The van der Waals surface area contributed by atoms with Gasteiger partial charge < -0.3 is 24.8 Å². The first-order valence-corrected chi connectivity index (χ1v) is 7.61. The average molecular weight is 334 g/mol. The Bertz CT molecular complexity index is 644. The number of nitrogens with one attached hydrogen (secondary N) is 1. The number of nitrogens with zero attached hydrogens (tertiary/aromatic N) is 1. The van der Waals surface area contributed by atoms with Crippen molar-refractivity contribution in [3.63, 3.8) is 0 Å². The van der Waals surface area contributed by atoms with Crippen LogP contribution < -0.4 is 14.8 Å². The van der Waals surface area contributed by atoms with Crippen molar-refractivity contribution in [3.8, 4) is 11.5 Å². The van der Waals surface area contributed by atoms with E-state index in [2.05, 4.69) is 11.9 Å². The Kier molecular flexibility index (Phi) is 5.81. The number of β-amino-alcohol motifs (C(OH)–C–C–N with tert-alkyl or cyclic N) is 1. The summed E-state index contributed by atoms with van der Waals surface area (Å²) in [6, 6.07) is 3.49. The standard InChI is InChI=1S/C17H22N2O5/c1-4-15(21)18-8-7-16(22)19-9-11-13(23-2)5-6-14(24-3)17(11)12(20)10-19/h4-6,12,20H,1,7-10H2,2-3H3,(H,18,21). The van der Waals surface area contributed by atoms with Crippen molar-refractivity contribution in [1.29, 1.82) is 0 Å². The van der Waals surface area contributed by atoms with E-state index in [9.17, 15) is 14.7 Å². The van der Waals surface area contributed by atoms with Crippen LogP contribution in [0.4, 0.5) is 0 Å². The summed E-state index contributed by atoms with van der Waals surface area (Å²) in [6.45, 7) is 4.06. The third-order valence-electron chi connectivity index (χ3n) is 3.97. The number of fused-ring (bicyclic) bond motifs is 1. The van der Waals surface area contributed by atoms with Gasteiger partial charge in [-0.05, 0) is 18.2 Å². The second-order valence-electron chi connectivity index (χ2n) is 5.40. The molecule has 0 saturated heterocycles. The summed E-state index contributed by atoms with van der Waals surface area (Å²) in [7, 11) is 3.08. The van der Waals surface area contributed by atoms with Gasteiger partial charge in [0.1, 0.15) is 17.6 Å². The quantitative estimate of drug-likeness (QED) is 0.750. The molecule has 2 N–H and O–H groups in total. The Balaban J connectivity index is 2.14. The van der Waals surface area contributed by atoms with Crippen LogP contribution in [-0.4, -0.2) is 49.1 Å². The lowest BCUT2D eigenvalue weighted by Crippen LogP contribution is -2.40. The molecule has 130 valence electrons. The molecule has 1 unspecified atom stereocenters. The number of methoxy groups -OCH3 is 2. The van der Waals surface area contributed by atoms with Crippen molar-refractivity contribution in [2.24, 2.45) is 0 Å². The lowest BCUT2D eigenvalue weighted by Gasteiger charge is -2.34. The molecule has 24 heavy (non-hydrogen) atoms. The topological polar surface area (TPSA) is 88.1 Å². The van der Waals surface area contributed by atoms with Crippen LogP contribution in [0.25, 0.3) is 0 Å². The second-order valence-corrected chi connectivity index (χ2v) is 5.40. The van der Waals surface area contributed by atoms with Crippen LogP contribution >= 0.6 is 0 Å². The molecule has 1 aromatic rings. The number of hydrogen-bond donors (Lipinski definition) is 2. The van der Waals surface area contributed by atoms with Crippen molar-refractivity contribution < 1.29 is 24.2 Å². The van der Waals surface area contributed by atoms with Crippen LogP contribution in [0, 0.1) is 0 Å². The molecule has 7 nitrogen and oxygen atoms in total. The van der Waals surface area contributed by atoms with Gasteiger partial charge in [-0.2, -0.15) is 0 Å². The molecule has 7 heteroatoms. The van der Waals surface area contributed by atoms with E-state index in [4.69, 9.17) is 9.47 Å². The molecule has 0 saturated carbocycles. The molecule has 1 aliphatic rings. The van der Waals surface area contributed by atoms with Crippen molar-refractivity contribution in [3.05, 3.63) is 35.9 Å². The molecule has 1 atom stereocenters. The lowest BCUT2D eigenvalue weighted by molar-refractivity contribution is -0.134. The van der Waals surface area contributed by atoms with Crippen LogP contribution in [0.1, 0.15) is 23.7 Å². The van der Waals surface area contributed by atoms with Gasteiger partial charge in [0.25, 0.3) is 0 Å². The Hall–Kier alpha value is -2.54. The fourth-order valence-electron chi connectivity index (χ4n) is 2.79. The van der Waals surface area contributed by atoms with Gasteiger partial charge in [0.15, 0.2) is 0 Å². The summed E-state index contributed by atoms with van der Waals surface area (Å²) in [5.41, 5.74) is 1.39. The SMILES string of the molecule is C=CC(=O)NCCC(=O)N1Cc2c(OC)ccc(OC)c2C(O)C1. The molecule has 1 aromatic carbocycles. The Morgan fingerprint density at radius 1 is 1.38 bits per heavy atom. The summed E-state index contributed by atoms with van der Waals surface area (Å²) in [4.78, 5) is 25.0. The third kappa shape index (κ3) is 3.68. The largest absolute Gasteiger partial charge is 0.496 e. The minimum atomic E-state index is -0.856. The van der Waals surface area contributed by atoms with Crippen molar-refractivity contribution in [2.75, 3.05) is 27.3 Å². The first kappa shape index (κ1) is 17.8. The molecular weight excluding hydrogens is 312 g/mol. The summed E-state index contributed by atoms with van der Waals surface area (Å²) in [6.07, 6.45) is 0.446. The smallest absolute Gasteiger partial charge is 0.243 e. The first-order chi connectivity index (χ1) is 11.5. The summed E-state index contributed by atoms with van der Waals surface area (Å²) in [5.74, 6) is 0.693. The highest BCUT2D eigenvalue weighted by molar-refractivity contribution is 5.87. The highest BCUT2D eigenvalue weighted by atomic mass is 16.5. The number of aliphatic hydroxyl groups excluding tert-OH is 1. The van der Waals surface area contributed by atoms with E-state index in [0.29, 0.717) is 23.6 Å². The molecule has 0 fully saturated rings. The average Bonchev–Trinajstić information content (AvgIpc) is 2.60. The highest BCUT2D eigenvalue weighted by Gasteiger charge is 2.31. The van der Waals surface area contributed by atoms with E-state index in [-0.39, 0.29) is 31.3 Å². The molecule has 2 amide bonds. The molecule has 0 aliphatic carbocycles. The predicted octanol–water partition coefficient (Wildman–Crippen LogP) is 0.772. The minimum absolute atomic E-state index is 0.147. The normalized spacial score (nSPS) is 16.1. The van der Waals surface area contributed by atoms with Gasteiger partial charge >= 0.3 is 0 Å². The van der Waals surface area contributed by atoms with Crippen LogP contribution in [0.2, 0.25) is 0 Å². The third-order valence-corrected chi connectivity index (χ3v) is 3.97. The number of hydrogen-bond acceptors (Lipinski definition) is 5. The maximum atomic E-state index is 12.3. The maximum absolute atomic E-state index is 12.3. The van der Waals surface area contributed by atoms with E-state index in [1.54, 1.807) is 24.1 Å². The van der Waals surface area contributed by atoms with E-state index in [0.717, 1.165) is 11.6 Å². The van der Waals surface area contributed by atoms with Crippen LogP contribution in [0.3, 0.4) is 0 Å². The summed E-state index contributed by atoms with van der Waals surface area (Å²) >= 11 is 0. The van der Waals surface area contributed by atoms with E-state index in [1.807, 2.05) is 0 Å². The van der Waals surface area contributed by atoms with Crippen LogP contribution in [0.5, 0.6) is 11.5 Å². The van der Waals surface area contributed by atoms with Gasteiger partial charge in [0.05, 0.1) is 20.8 Å². The number of amides is 2. The monoisotopic (exact) mass is 334 g/mol. The van der Waals surface area contributed by atoms with Gasteiger partial charge in [0.2, 0.25) is 11.8 Å². The Morgan fingerprint density at radius 3 is 2.67 bits per heavy atom. The minimum Gasteiger partial charge on any atom is -0.496 e. The zero-order valence-electron chi connectivity index (χ0n) is 13.9. The molecular formula is C17H22N2O5. The van der Waals surface area contributed by atoms with Crippen molar-refractivity contribution in [1.82, 2.24) is 10.2 Å². The summed E-state index contributed by atoms with van der Waals surface area (Å²) in [5, 5.41) is 13.0. The number of rotatable bonds is 6. The Labute approximate surface area is 140 Å². The molecule has 1 aliphatic heterocycles. The second kappa shape index (κ2) is 7.83. The van der Waals surface area contributed by atoms with Gasteiger partial charge in [0, 0.05) is 30.6 Å². The van der Waals surface area contributed by atoms with Gasteiger partial charge in [-0.3, -0.25) is 9.59 Å². The van der Waals surface area contributed by atoms with Gasteiger partial charge in [-0.15, -0.1) is 0 Å². The molecule has 0 spiro atoms. The number of ether oxygens (including phenoxy) is 2. The first-order valence-electron chi connectivity index (χ1n) is 7.61. The van der Waals surface area contributed by atoms with E-state index in [1.165, 1.54) is 7.11 Å². The zero-order chi connectivity index (χ0) is 17.7. The van der Waals surface area contributed by atoms with Gasteiger partial charge in [-0.25, -0.2) is 0 Å². The lowest BCUT2D eigenvalue weighted by atomic mass is 9.95. The van der Waals surface area contributed by atoms with Crippen LogP contribution in [-0.2, 0) is 16.1 Å². The van der Waals surface area contributed by atoms with E-state index >= 15 is 0 Å². The Morgan fingerprint density at radius 2 is 2.04 bits per heavy atom.